The molecule has 0 spiro atoms. The van der Waals surface area contributed by atoms with Crippen molar-refractivity contribution in [2.45, 2.75) is 13.5 Å². The van der Waals surface area contributed by atoms with Crippen molar-refractivity contribution in [3.63, 3.8) is 0 Å². The van der Waals surface area contributed by atoms with Crippen LogP contribution in [0.5, 0.6) is 0 Å². The van der Waals surface area contributed by atoms with Crippen molar-refractivity contribution in [2.24, 2.45) is 0 Å². The number of nitriles is 1. The van der Waals surface area contributed by atoms with Gasteiger partial charge in [-0.15, -0.1) is 0 Å². The van der Waals surface area contributed by atoms with E-state index < -0.39 is 12.1 Å². The number of halogens is 2. The Balaban J connectivity index is 3.50. The Bertz CT molecular complexity index is 417. The van der Waals surface area contributed by atoms with Crippen LogP contribution in [0.1, 0.15) is 17.8 Å². The first-order valence-corrected chi connectivity index (χ1v) is 3.48. The van der Waals surface area contributed by atoms with Crippen molar-refractivity contribution in [1.82, 2.24) is 4.57 Å². The Labute approximate surface area is 72.8 Å². The van der Waals surface area contributed by atoms with Crippen LogP contribution in [0.25, 0.3) is 0 Å². The normalized spacial score (nSPS) is 10.1. The van der Waals surface area contributed by atoms with E-state index in [9.17, 15) is 13.6 Å². The predicted octanol–water partition coefficient (Wildman–Crippen LogP) is 1.42. The monoisotopic (exact) mass is 184 g/mol. The fourth-order valence-corrected chi connectivity index (χ4v) is 1.01. The molecule has 0 N–H and O–H groups in total. The molecule has 0 unspecified atom stereocenters. The third-order valence-corrected chi connectivity index (χ3v) is 1.70. The Morgan fingerprint density at radius 3 is 2.62 bits per heavy atom. The van der Waals surface area contributed by atoms with Gasteiger partial charge in [-0.2, -0.15) is 14.0 Å². The van der Waals surface area contributed by atoms with E-state index in [0.717, 1.165) is 6.07 Å². The summed E-state index contributed by atoms with van der Waals surface area (Å²) in [5, 5.41) is 8.51. The average molecular weight is 184 g/mol. The maximum absolute atomic E-state index is 12.3. The SMILES string of the molecule is Cc1c(C#N)ccc(=O)n1C(F)F. The Hall–Kier alpha value is -1.70. The molecule has 5 heteroatoms. The number of hydrogen-bond donors (Lipinski definition) is 0. The minimum atomic E-state index is -2.90. The summed E-state index contributed by atoms with van der Waals surface area (Å²) in [5.74, 6) is 0. The summed E-state index contributed by atoms with van der Waals surface area (Å²) < 4.78 is 24.8. The second-order valence-electron chi connectivity index (χ2n) is 2.43. The van der Waals surface area contributed by atoms with E-state index in [1.54, 1.807) is 6.07 Å². The van der Waals surface area contributed by atoms with Gasteiger partial charge < -0.3 is 0 Å². The summed E-state index contributed by atoms with van der Waals surface area (Å²) in [6.45, 7) is -1.59. The number of pyridine rings is 1. The van der Waals surface area contributed by atoms with E-state index in [0.29, 0.717) is 4.57 Å². The second kappa shape index (κ2) is 3.35. The molecule has 0 fully saturated rings. The van der Waals surface area contributed by atoms with E-state index in [1.807, 2.05) is 0 Å². The maximum atomic E-state index is 12.3. The number of hydrogen-bond acceptors (Lipinski definition) is 2. The highest BCUT2D eigenvalue weighted by atomic mass is 19.3. The van der Waals surface area contributed by atoms with E-state index in [4.69, 9.17) is 5.26 Å². The maximum Gasteiger partial charge on any atom is 0.321 e. The largest absolute Gasteiger partial charge is 0.321 e. The highest BCUT2D eigenvalue weighted by Gasteiger charge is 2.12. The van der Waals surface area contributed by atoms with Crippen LogP contribution in [0.2, 0.25) is 0 Å². The molecule has 1 rings (SSSR count). The molecule has 1 aromatic rings. The van der Waals surface area contributed by atoms with Gasteiger partial charge in [0.05, 0.1) is 5.56 Å². The molecular formula is C8H6F2N2O. The van der Waals surface area contributed by atoms with Crippen LogP contribution < -0.4 is 5.56 Å². The second-order valence-corrected chi connectivity index (χ2v) is 2.43. The molecule has 0 amide bonds. The molecule has 3 nitrogen and oxygen atoms in total. The van der Waals surface area contributed by atoms with Crippen LogP contribution in [-0.4, -0.2) is 4.57 Å². The van der Waals surface area contributed by atoms with E-state index in [1.165, 1.54) is 13.0 Å². The summed E-state index contributed by atoms with van der Waals surface area (Å²) in [6, 6.07) is 3.91. The van der Waals surface area contributed by atoms with Gasteiger partial charge in [-0.25, -0.2) is 0 Å². The molecule has 0 aliphatic rings. The third kappa shape index (κ3) is 1.56. The van der Waals surface area contributed by atoms with Gasteiger partial charge in [0.1, 0.15) is 6.07 Å². The molecule has 0 aromatic carbocycles. The fourth-order valence-electron chi connectivity index (χ4n) is 1.01. The molecular weight excluding hydrogens is 178 g/mol. The standard InChI is InChI=1S/C8H6F2N2O/c1-5-6(4-11)2-3-7(13)12(5)8(9)10/h2-3,8H,1H3. The van der Waals surface area contributed by atoms with Crippen LogP contribution in [-0.2, 0) is 0 Å². The summed E-state index contributed by atoms with van der Waals surface area (Å²) in [4.78, 5) is 10.9. The van der Waals surface area contributed by atoms with Crippen LogP contribution in [0.3, 0.4) is 0 Å². The zero-order chi connectivity index (χ0) is 10.0. The molecule has 13 heavy (non-hydrogen) atoms. The van der Waals surface area contributed by atoms with Crippen molar-refractivity contribution in [3.8, 4) is 6.07 Å². The van der Waals surface area contributed by atoms with Crippen molar-refractivity contribution in [1.29, 1.82) is 5.26 Å². The van der Waals surface area contributed by atoms with Crippen LogP contribution >= 0.6 is 0 Å². The first-order chi connectivity index (χ1) is 6.07. The van der Waals surface area contributed by atoms with Gasteiger partial charge in [-0.05, 0) is 13.0 Å². The van der Waals surface area contributed by atoms with Gasteiger partial charge >= 0.3 is 6.55 Å². The number of nitrogens with zero attached hydrogens (tertiary/aromatic N) is 2. The van der Waals surface area contributed by atoms with Gasteiger partial charge in [0, 0.05) is 11.8 Å². The number of rotatable bonds is 1. The summed E-state index contributed by atoms with van der Waals surface area (Å²) in [6.07, 6.45) is 0. The first-order valence-electron chi connectivity index (χ1n) is 3.48. The summed E-state index contributed by atoms with van der Waals surface area (Å²) in [7, 11) is 0. The summed E-state index contributed by atoms with van der Waals surface area (Å²) >= 11 is 0. The number of alkyl halides is 2. The molecule has 68 valence electrons. The first kappa shape index (κ1) is 9.39. The highest BCUT2D eigenvalue weighted by Crippen LogP contribution is 2.12. The molecule has 1 heterocycles. The molecule has 1 aromatic heterocycles. The minimum Gasteiger partial charge on any atom is -0.269 e. The molecule has 0 bridgehead atoms. The lowest BCUT2D eigenvalue weighted by Crippen LogP contribution is -2.22. The predicted molar refractivity (Wildman–Crippen MR) is 41.4 cm³/mol. The molecule has 0 radical (unpaired) electrons. The zero-order valence-corrected chi connectivity index (χ0v) is 6.79. The zero-order valence-electron chi connectivity index (χ0n) is 6.79. The van der Waals surface area contributed by atoms with E-state index >= 15 is 0 Å². The fraction of sp³-hybridized carbons (Fsp3) is 0.250. The Kier molecular flexibility index (Phi) is 2.42. The summed E-state index contributed by atoms with van der Waals surface area (Å²) in [5.41, 5.74) is -0.726. The van der Waals surface area contributed by atoms with Crippen LogP contribution in [0.4, 0.5) is 8.78 Å². The van der Waals surface area contributed by atoms with Crippen LogP contribution in [0.15, 0.2) is 16.9 Å². The van der Waals surface area contributed by atoms with Crippen molar-refractivity contribution in [3.05, 3.63) is 33.7 Å². The van der Waals surface area contributed by atoms with Gasteiger partial charge in [0.2, 0.25) is 0 Å². The topological polar surface area (TPSA) is 45.8 Å². The van der Waals surface area contributed by atoms with Gasteiger partial charge in [0.15, 0.2) is 0 Å². The Morgan fingerprint density at radius 2 is 2.15 bits per heavy atom. The lowest BCUT2D eigenvalue weighted by Gasteiger charge is -2.08. The molecule has 0 atom stereocenters. The van der Waals surface area contributed by atoms with Gasteiger partial charge in [-0.1, -0.05) is 0 Å². The van der Waals surface area contributed by atoms with Gasteiger partial charge in [-0.3, -0.25) is 9.36 Å². The molecule has 0 saturated carbocycles. The molecule has 0 aliphatic heterocycles. The van der Waals surface area contributed by atoms with Crippen LogP contribution in [0, 0.1) is 18.3 Å². The smallest absolute Gasteiger partial charge is 0.269 e. The lowest BCUT2D eigenvalue weighted by molar-refractivity contribution is 0.0641. The highest BCUT2D eigenvalue weighted by molar-refractivity contribution is 5.32. The Morgan fingerprint density at radius 1 is 1.54 bits per heavy atom. The quantitative estimate of drug-likeness (QED) is 0.662. The van der Waals surface area contributed by atoms with Crippen molar-refractivity contribution in [2.75, 3.05) is 0 Å². The average Bonchev–Trinajstić information content (AvgIpc) is 2.04. The number of aromatic nitrogens is 1. The van der Waals surface area contributed by atoms with E-state index in [-0.39, 0.29) is 11.3 Å². The van der Waals surface area contributed by atoms with Crippen molar-refractivity contribution < 1.29 is 8.78 Å². The lowest BCUT2D eigenvalue weighted by atomic mass is 10.2. The molecule has 0 saturated heterocycles. The molecule has 0 aliphatic carbocycles. The van der Waals surface area contributed by atoms with Gasteiger partial charge in [0.25, 0.3) is 5.56 Å². The third-order valence-electron chi connectivity index (χ3n) is 1.70. The van der Waals surface area contributed by atoms with E-state index in [2.05, 4.69) is 0 Å². The minimum absolute atomic E-state index is 0.00926. The van der Waals surface area contributed by atoms with Crippen molar-refractivity contribution >= 4 is 0 Å².